The Bertz CT molecular complexity index is 903. The third-order valence-electron chi connectivity index (χ3n) is 4.65. The molecular formula is C19H28N6O3S2. The SMILES string of the molecule is COCCNC(=O)c1c(NC(=O)CSc2nnnn2C(C)(C)C)sc2c1CCCC2. The Balaban J connectivity index is 1.71. The van der Waals surface area contributed by atoms with Gasteiger partial charge in [-0.05, 0) is 62.4 Å². The summed E-state index contributed by atoms with van der Waals surface area (Å²) in [5.74, 6) is -0.192. The smallest absolute Gasteiger partial charge is 0.254 e. The fraction of sp³-hybridized carbons (Fsp3) is 0.632. The van der Waals surface area contributed by atoms with Gasteiger partial charge in [-0.2, -0.15) is 0 Å². The van der Waals surface area contributed by atoms with Crippen LogP contribution in [0.4, 0.5) is 5.00 Å². The van der Waals surface area contributed by atoms with E-state index in [2.05, 4.69) is 26.2 Å². The lowest BCUT2D eigenvalue weighted by Crippen LogP contribution is -2.29. The molecule has 0 bridgehead atoms. The minimum atomic E-state index is -0.275. The molecule has 2 amide bonds. The lowest BCUT2D eigenvalue weighted by molar-refractivity contribution is -0.113. The highest BCUT2D eigenvalue weighted by atomic mass is 32.2. The second-order valence-electron chi connectivity index (χ2n) is 8.04. The second-order valence-corrected chi connectivity index (χ2v) is 10.1. The van der Waals surface area contributed by atoms with Gasteiger partial charge < -0.3 is 15.4 Å². The molecular weight excluding hydrogens is 424 g/mol. The molecule has 164 valence electrons. The monoisotopic (exact) mass is 452 g/mol. The van der Waals surface area contributed by atoms with E-state index < -0.39 is 0 Å². The van der Waals surface area contributed by atoms with Crippen molar-refractivity contribution in [2.75, 3.05) is 31.3 Å². The first-order chi connectivity index (χ1) is 14.3. The fourth-order valence-corrected chi connectivity index (χ4v) is 5.39. The zero-order chi connectivity index (χ0) is 21.7. The van der Waals surface area contributed by atoms with Gasteiger partial charge in [0, 0.05) is 18.5 Å². The molecule has 0 spiro atoms. The maximum Gasteiger partial charge on any atom is 0.254 e. The van der Waals surface area contributed by atoms with Crippen LogP contribution in [0, 0.1) is 0 Å². The number of rotatable bonds is 8. The highest BCUT2D eigenvalue weighted by Gasteiger charge is 2.27. The van der Waals surface area contributed by atoms with Crippen LogP contribution in [0.15, 0.2) is 5.16 Å². The third-order valence-corrected chi connectivity index (χ3v) is 6.78. The molecule has 0 saturated carbocycles. The normalized spacial score (nSPS) is 13.7. The van der Waals surface area contributed by atoms with Crippen LogP contribution in [-0.2, 0) is 27.9 Å². The first-order valence-electron chi connectivity index (χ1n) is 9.94. The van der Waals surface area contributed by atoms with Crippen molar-refractivity contribution in [2.24, 2.45) is 0 Å². The van der Waals surface area contributed by atoms with Gasteiger partial charge in [0.25, 0.3) is 5.91 Å². The van der Waals surface area contributed by atoms with E-state index in [0.717, 1.165) is 31.2 Å². The van der Waals surface area contributed by atoms with Gasteiger partial charge in [0.1, 0.15) is 5.00 Å². The molecule has 1 aliphatic carbocycles. The van der Waals surface area contributed by atoms with Crippen LogP contribution >= 0.6 is 23.1 Å². The fourth-order valence-electron chi connectivity index (χ4n) is 3.23. The molecule has 0 aromatic carbocycles. The number of anilines is 1. The van der Waals surface area contributed by atoms with Gasteiger partial charge >= 0.3 is 0 Å². The van der Waals surface area contributed by atoms with Crippen LogP contribution in [0.3, 0.4) is 0 Å². The van der Waals surface area contributed by atoms with E-state index in [1.165, 1.54) is 28.0 Å². The van der Waals surface area contributed by atoms with Crippen LogP contribution in [-0.4, -0.2) is 58.0 Å². The zero-order valence-corrected chi connectivity index (χ0v) is 19.4. The van der Waals surface area contributed by atoms with E-state index in [1.807, 2.05) is 20.8 Å². The largest absolute Gasteiger partial charge is 0.383 e. The molecule has 30 heavy (non-hydrogen) atoms. The van der Waals surface area contributed by atoms with Crippen LogP contribution < -0.4 is 10.6 Å². The van der Waals surface area contributed by atoms with E-state index >= 15 is 0 Å². The van der Waals surface area contributed by atoms with Crippen molar-refractivity contribution in [1.29, 1.82) is 0 Å². The number of tetrazole rings is 1. The Morgan fingerprint density at radius 1 is 1.27 bits per heavy atom. The van der Waals surface area contributed by atoms with Gasteiger partial charge in [0.2, 0.25) is 11.1 Å². The van der Waals surface area contributed by atoms with E-state index in [1.54, 1.807) is 11.8 Å². The number of carbonyl (C=O) groups excluding carboxylic acids is 2. The van der Waals surface area contributed by atoms with Crippen molar-refractivity contribution < 1.29 is 14.3 Å². The third kappa shape index (κ3) is 5.38. The average molecular weight is 453 g/mol. The summed E-state index contributed by atoms with van der Waals surface area (Å²) in [6.45, 7) is 6.87. The molecule has 0 atom stereocenters. The molecule has 3 rings (SSSR count). The van der Waals surface area contributed by atoms with E-state index in [9.17, 15) is 9.59 Å². The number of hydrogen-bond acceptors (Lipinski definition) is 8. The number of amides is 2. The van der Waals surface area contributed by atoms with Crippen molar-refractivity contribution in [2.45, 2.75) is 57.1 Å². The quantitative estimate of drug-likeness (QED) is 0.467. The number of ether oxygens (including phenoxy) is 1. The van der Waals surface area contributed by atoms with Gasteiger partial charge in [0.15, 0.2) is 0 Å². The highest BCUT2D eigenvalue weighted by molar-refractivity contribution is 7.99. The average Bonchev–Trinajstić information content (AvgIpc) is 3.30. The van der Waals surface area contributed by atoms with Gasteiger partial charge in [0.05, 0.1) is 23.5 Å². The summed E-state index contributed by atoms with van der Waals surface area (Å²) in [5.41, 5.74) is 1.40. The summed E-state index contributed by atoms with van der Waals surface area (Å²) in [5, 5.41) is 18.8. The summed E-state index contributed by atoms with van der Waals surface area (Å²) in [4.78, 5) is 26.7. The number of nitrogens with one attached hydrogen (secondary N) is 2. The number of thiophene rings is 1. The van der Waals surface area contributed by atoms with E-state index in [-0.39, 0.29) is 23.1 Å². The molecule has 0 aliphatic heterocycles. The molecule has 0 unspecified atom stereocenters. The van der Waals surface area contributed by atoms with Gasteiger partial charge in [-0.3, -0.25) is 9.59 Å². The van der Waals surface area contributed by atoms with Crippen molar-refractivity contribution in [3.63, 3.8) is 0 Å². The van der Waals surface area contributed by atoms with Gasteiger partial charge in [-0.15, -0.1) is 16.4 Å². The summed E-state index contributed by atoms with van der Waals surface area (Å²) in [7, 11) is 1.60. The van der Waals surface area contributed by atoms with Crippen LogP contribution in [0.25, 0.3) is 0 Å². The molecule has 2 aromatic heterocycles. The van der Waals surface area contributed by atoms with E-state index in [4.69, 9.17) is 4.74 Å². The molecule has 2 aromatic rings. The predicted octanol–water partition coefficient (Wildman–Crippen LogP) is 2.48. The Kier molecular flexibility index (Phi) is 7.48. The minimum Gasteiger partial charge on any atom is -0.383 e. The number of hydrogen-bond donors (Lipinski definition) is 2. The number of aryl methyl sites for hydroxylation is 1. The molecule has 0 saturated heterocycles. The first kappa shape index (κ1) is 22.7. The highest BCUT2D eigenvalue weighted by Crippen LogP contribution is 2.38. The first-order valence-corrected chi connectivity index (χ1v) is 11.7. The van der Waals surface area contributed by atoms with Gasteiger partial charge in [-0.1, -0.05) is 11.8 Å². The summed E-state index contributed by atoms with van der Waals surface area (Å²) in [6, 6.07) is 0. The molecule has 0 radical (unpaired) electrons. The van der Waals surface area contributed by atoms with Crippen molar-refractivity contribution >= 4 is 39.9 Å². The lowest BCUT2D eigenvalue weighted by atomic mass is 9.95. The number of nitrogens with zero attached hydrogens (tertiary/aromatic N) is 4. The number of fused-ring (bicyclic) bond motifs is 1. The number of carbonyl (C=O) groups is 2. The summed E-state index contributed by atoms with van der Waals surface area (Å²) in [6.07, 6.45) is 3.98. The number of aromatic nitrogens is 4. The number of thioether (sulfide) groups is 1. The Morgan fingerprint density at radius 3 is 2.77 bits per heavy atom. The molecule has 0 fully saturated rings. The standard InChI is InChI=1S/C19H28N6O3S2/c1-19(2,3)25-18(22-23-24-25)29-11-14(26)21-17-15(16(27)20-9-10-28-4)12-7-5-6-8-13(12)30-17/h5-11H2,1-4H3,(H,20,27)(H,21,26). The molecule has 11 heteroatoms. The lowest BCUT2D eigenvalue weighted by Gasteiger charge is -2.19. The van der Waals surface area contributed by atoms with E-state index in [0.29, 0.717) is 28.9 Å². The van der Waals surface area contributed by atoms with Crippen LogP contribution in [0.2, 0.25) is 0 Å². The summed E-state index contributed by atoms with van der Waals surface area (Å²) >= 11 is 2.79. The van der Waals surface area contributed by atoms with Crippen molar-refractivity contribution in [3.8, 4) is 0 Å². The molecule has 1 aliphatic rings. The molecule has 9 nitrogen and oxygen atoms in total. The Hall–Kier alpha value is -1.98. The maximum absolute atomic E-state index is 12.8. The second kappa shape index (κ2) is 9.88. The summed E-state index contributed by atoms with van der Waals surface area (Å²) < 4.78 is 6.71. The van der Waals surface area contributed by atoms with Gasteiger partial charge in [-0.25, -0.2) is 4.68 Å². The maximum atomic E-state index is 12.8. The molecule has 2 N–H and O–H groups in total. The van der Waals surface area contributed by atoms with Crippen LogP contribution in [0.5, 0.6) is 0 Å². The topological polar surface area (TPSA) is 111 Å². The van der Waals surface area contributed by atoms with Crippen LogP contribution in [0.1, 0.15) is 54.4 Å². The predicted molar refractivity (Wildman–Crippen MR) is 117 cm³/mol. The van der Waals surface area contributed by atoms with Crippen molar-refractivity contribution in [3.05, 3.63) is 16.0 Å². The number of methoxy groups -OCH3 is 1. The molecule has 2 heterocycles. The zero-order valence-electron chi connectivity index (χ0n) is 17.8. The van der Waals surface area contributed by atoms with Crippen molar-refractivity contribution in [1.82, 2.24) is 25.5 Å². The minimum absolute atomic E-state index is 0.157. The Morgan fingerprint density at radius 2 is 2.03 bits per heavy atom. The Labute approximate surface area is 184 Å².